The minimum Gasteiger partial charge on any atom is -0.423 e. The molecular weight excluding hydrogens is 282 g/mol. The highest BCUT2D eigenvalue weighted by atomic mass is 32.2. The molecule has 8 heteroatoms. The molecule has 2 atom stereocenters. The summed E-state index contributed by atoms with van der Waals surface area (Å²) in [4.78, 5) is 2.03. The van der Waals surface area contributed by atoms with Crippen LogP contribution in [0.2, 0.25) is 0 Å². The van der Waals surface area contributed by atoms with Crippen LogP contribution >= 0.6 is 0 Å². The number of hydrogen-bond donors (Lipinski definition) is 0. The fourth-order valence-electron chi connectivity index (χ4n) is 2.14. The zero-order valence-electron chi connectivity index (χ0n) is 11.7. The third kappa shape index (κ3) is 3.87. The Morgan fingerprint density at radius 3 is 2.80 bits per heavy atom. The molecular formula is C12H19N3O4S. The van der Waals surface area contributed by atoms with Crippen LogP contribution in [0.3, 0.4) is 0 Å². The first kappa shape index (κ1) is 15.1. The maximum Gasteiger partial charge on any atom is 0.246 e. The van der Waals surface area contributed by atoms with Crippen LogP contribution in [0, 0.1) is 6.92 Å². The number of hydrogen-bond acceptors (Lipinski definition) is 7. The summed E-state index contributed by atoms with van der Waals surface area (Å²) in [5.41, 5.74) is 0. The zero-order valence-corrected chi connectivity index (χ0v) is 12.5. The molecule has 2 heterocycles. The molecule has 0 N–H and O–H groups in total. The third-order valence-electron chi connectivity index (χ3n) is 3.10. The van der Waals surface area contributed by atoms with Crippen LogP contribution in [0.25, 0.3) is 0 Å². The van der Waals surface area contributed by atoms with Crippen molar-refractivity contribution in [1.82, 2.24) is 15.1 Å². The van der Waals surface area contributed by atoms with Gasteiger partial charge in [-0.2, -0.15) is 0 Å². The summed E-state index contributed by atoms with van der Waals surface area (Å²) in [6, 6.07) is 0. The monoisotopic (exact) mass is 301 g/mol. The van der Waals surface area contributed by atoms with E-state index >= 15 is 0 Å². The summed E-state index contributed by atoms with van der Waals surface area (Å²) in [6.07, 6.45) is -0.334. The predicted molar refractivity (Wildman–Crippen MR) is 72.7 cm³/mol. The highest BCUT2D eigenvalue weighted by Crippen LogP contribution is 2.24. The average Bonchev–Trinajstić information content (AvgIpc) is 2.83. The van der Waals surface area contributed by atoms with Gasteiger partial charge in [0.15, 0.2) is 9.84 Å². The van der Waals surface area contributed by atoms with E-state index < -0.39 is 9.84 Å². The summed E-state index contributed by atoms with van der Waals surface area (Å²) in [5.74, 6) is 0.979. The Bertz CT molecular complexity index is 569. The van der Waals surface area contributed by atoms with E-state index in [4.69, 9.17) is 9.15 Å². The molecule has 2 rings (SSSR count). The molecule has 0 aliphatic carbocycles. The van der Waals surface area contributed by atoms with E-state index in [1.165, 1.54) is 0 Å². The average molecular weight is 301 g/mol. The molecule has 112 valence electrons. The molecule has 0 amide bonds. The Balaban J connectivity index is 1.99. The van der Waals surface area contributed by atoms with Crippen LogP contribution in [0.5, 0.6) is 0 Å². The topological polar surface area (TPSA) is 85.5 Å². The Morgan fingerprint density at radius 1 is 1.45 bits per heavy atom. The third-order valence-corrected chi connectivity index (χ3v) is 4.36. The van der Waals surface area contributed by atoms with Crippen molar-refractivity contribution in [1.29, 1.82) is 0 Å². The van der Waals surface area contributed by atoms with Crippen molar-refractivity contribution in [3.63, 3.8) is 0 Å². The highest BCUT2D eigenvalue weighted by molar-refractivity contribution is 7.94. The molecule has 7 nitrogen and oxygen atoms in total. The first-order valence-corrected chi connectivity index (χ1v) is 8.14. The lowest BCUT2D eigenvalue weighted by Gasteiger charge is -2.35. The molecule has 1 saturated heterocycles. The van der Waals surface area contributed by atoms with Gasteiger partial charge in [-0.05, 0) is 6.92 Å². The SMILES string of the molecule is C=CS(=O)(=O)CCN1C[C@@H](C)O[C@@H](c2nnc(C)o2)C1. The molecule has 1 fully saturated rings. The molecule has 0 saturated carbocycles. The van der Waals surface area contributed by atoms with Crippen LogP contribution in [0.4, 0.5) is 0 Å². The maximum atomic E-state index is 11.5. The summed E-state index contributed by atoms with van der Waals surface area (Å²) >= 11 is 0. The first-order chi connectivity index (χ1) is 9.39. The van der Waals surface area contributed by atoms with E-state index in [0.29, 0.717) is 31.4 Å². The van der Waals surface area contributed by atoms with Crippen molar-refractivity contribution < 1.29 is 17.6 Å². The molecule has 0 bridgehead atoms. The van der Waals surface area contributed by atoms with Gasteiger partial charge in [0.05, 0.1) is 11.9 Å². The van der Waals surface area contributed by atoms with Gasteiger partial charge in [-0.15, -0.1) is 10.2 Å². The molecule has 20 heavy (non-hydrogen) atoms. The first-order valence-electron chi connectivity index (χ1n) is 6.42. The van der Waals surface area contributed by atoms with E-state index in [9.17, 15) is 8.42 Å². The molecule has 1 aromatic rings. The number of aryl methyl sites for hydroxylation is 1. The van der Waals surface area contributed by atoms with Crippen LogP contribution in [-0.2, 0) is 14.6 Å². The van der Waals surface area contributed by atoms with Crippen molar-refractivity contribution in [2.45, 2.75) is 26.1 Å². The van der Waals surface area contributed by atoms with E-state index in [2.05, 4.69) is 16.8 Å². The van der Waals surface area contributed by atoms with Gasteiger partial charge in [-0.25, -0.2) is 8.42 Å². The second-order valence-electron chi connectivity index (χ2n) is 4.89. The minimum absolute atomic E-state index is 0.0209. The predicted octanol–water partition coefficient (Wildman–Crippen LogP) is 0.698. The summed E-state index contributed by atoms with van der Waals surface area (Å²) in [6.45, 7) is 8.62. The number of ether oxygens (including phenoxy) is 1. The molecule has 1 aliphatic heterocycles. The van der Waals surface area contributed by atoms with Crippen LogP contribution in [0.15, 0.2) is 16.4 Å². The lowest BCUT2D eigenvalue weighted by atomic mass is 10.2. The molecule has 0 radical (unpaired) electrons. The Morgan fingerprint density at radius 2 is 2.20 bits per heavy atom. The molecule has 1 aliphatic rings. The quantitative estimate of drug-likeness (QED) is 0.791. The standard InChI is InChI=1S/C12H19N3O4S/c1-4-20(16,17)6-5-15-7-9(2)18-11(8-15)12-14-13-10(3)19-12/h4,9,11H,1,5-8H2,2-3H3/t9-,11-/m1/s1. The largest absolute Gasteiger partial charge is 0.423 e. The van der Waals surface area contributed by atoms with Crippen molar-refractivity contribution in [3.8, 4) is 0 Å². The van der Waals surface area contributed by atoms with Gasteiger partial charge in [0.1, 0.15) is 6.10 Å². The van der Waals surface area contributed by atoms with E-state index in [0.717, 1.165) is 5.41 Å². The second kappa shape index (κ2) is 6.02. The Kier molecular flexibility index (Phi) is 4.56. The Labute approximate surface area is 118 Å². The van der Waals surface area contributed by atoms with Crippen molar-refractivity contribution in [2.24, 2.45) is 0 Å². The van der Waals surface area contributed by atoms with Crippen LogP contribution in [0.1, 0.15) is 24.8 Å². The van der Waals surface area contributed by atoms with Crippen LogP contribution < -0.4 is 0 Å². The summed E-state index contributed by atoms with van der Waals surface area (Å²) in [7, 11) is -3.18. The molecule has 0 unspecified atom stereocenters. The van der Waals surface area contributed by atoms with E-state index in [1.54, 1.807) is 6.92 Å². The van der Waals surface area contributed by atoms with Gasteiger partial charge >= 0.3 is 0 Å². The van der Waals surface area contributed by atoms with Crippen molar-refractivity contribution >= 4 is 9.84 Å². The molecule has 0 aromatic carbocycles. The number of aromatic nitrogens is 2. The molecule has 1 aromatic heterocycles. The normalized spacial score (nSPS) is 24.7. The van der Waals surface area contributed by atoms with Gasteiger partial charge in [0.25, 0.3) is 0 Å². The second-order valence-corrected chi connectivity index (χ2v) is 6.96. The number of morpholine rings is 1. The zero-order chi connectivity index (χ0) is 14.8. The van der Waals surface area contributed by atoms with Crippen LogP contribution in [-0.4, -0.2) is 55.0 Å². The fourth-order valence-corrected chi connectivity index (χ4v) is 2.82. The summed E-state index contributed by atoms with van der Waals surface area (Å²) < 4.78 is 34.1. The smallest absolute Gasteiger partial charge is 0.246 e. The minimum atomic E-state index is -3.18. The number of nitrogens with zero attached hydrogens (tertiary/aromatic N) is 3. The van der Waals surface area contributed by atoms with Gasteiger partial charge in [0.2, 0.25) is 11.8 Å². The van der Waals surface area contributed by atoms with Gasteiger partial charge in [0, 0.05) is 32.0 Å². The Hall–Kier alpha value is -1.25. The highest BCUT2D eigenvalue weighted by Gasteiger charge is 2.30. The van der Waals surface area contributed by atoms with Gasteiger partial charge < -0.3 is 9.15 Å². The summed E-state index contributed by atoms with van der Waals surface area (Å²) in [5, 5.41) is 8.74. The van der Waals surface area contributed by atoms with Gasteiger partial charge in [-0.1, -0.05) is 6.58 Å². The number of rotatable bonds is 5. The molecule has 0 spiro atoms. The lowest BCUT2D eigenvalue weighted by molar-refractivity contribution is -0.0878. The van der Waals surface area contributed by atoms with Crippen molar-refractivity contribution in [2.75, 3.05) is 25.4 Å². The van der Waals surface area contributed by atoms with E-state index in [-0.39, 0.29) is 18.0 Å². The maximum absolute atomic E-state index is 11.5. The van der Waals surface area contributed by atoms with Crippen molar-refractivity contribution in [3.05, 3.63) is 23.8 Å². The van der Waals surface area contributed by atoms with E-state index in [1.807, 2.05) is 11.8 Å². The fraction of sp³-hybridized carbons (Fsp3) is 0.667. The van der Waals surface area contributed by atoms with Gasteiger partial charge in [-0.3, -0.25) is 4.90 Å². The lowest BCUT2D eigenvalue weighted by Crippen LogP contribution is -2.44. The number of sulfone groups is 1.